The first kappa shape index (κ1) is 16.1. The zero-order valence-electron chi connectivity index (χ0n) is 12.7. The minimum atomic E-state index is -0.469. The van der Waals surface area contributed by atoms with Crippen molar-refractivity contribution in [2.24, 2.45) is 0 Å². The van der Waals surface area contributed by atoms with Gasteiger partial charge in [-0.3, -0.25) is 4.79 Å². The summed E-state index contributed by atoms with van der Waals surface area (Å²) in [5.41, 5.74) is 2.30. The summed E-state index contributed by atoms with van der Waals surface area (Å²) in [6.07, 6.45) is 0.453. The highest BCUT2D eigenvalue weighted by Gasteiger charge is 2.16. The van der Waals surface area contributed by atoms with Gasteiger partial charge < -0.3 is 10.1 Å². The Labute approximate surface area is 143 Å². The minimum Gasteiger partial charge on any atom is -0.457 e. The van der Waals surface area contributed by atoms with Gasteiger partial charge in [0.1, 0.15) is 6.61 Å². The maximum Gasteiger partial charge on any atom is 0.338 e. The molecule has 0 unspecified atom stereocenters. The van der Waals surface area contributed by atoms with Crippen LogP contribution in [0.4, 0.5) is 5.69 Å². The number of benzene rings is 2. The van der Waals surface area contributed by atoms with Crippen LogP contribution in [-0.4, -0.2) is 17.6 Å². The number of nitrogens with one attached hydrogen (secondary N) is 1. The van der Waals surface area contributed by atoms with Crippen LogP contribution in [-0.2, 0) is 16.1 Å². The van der Waals surface area contributed by atoms with E-state index in [0.29, 0.717) is 23.2 Å². The third-order valence-corrected chi connectivity index (χ3v) is 4.58. The molecule has 1 heterocycles. The molecule has 1 aliphatic heterocycles. The average Bonchev–Trinajstić information content (AvgIpc) is 2.79. The van der Waals surface area contributed by atoms with Crippen molar-refractivity contribution < 1.29 is 14.3 Å². The van der Waals surface area contributed by atoms with E-state index in [1.54, 1.807) is 48.2 Å². The maximum absolute atomic E-state index is 12.2. The molecule has 120 valence electrons. The minimum absolute atomic E-state index is 0.0555. The van der Waals surface area contributed by atoms with E-state index in [4.69, 9.17) is 10.00 Å². The molecule has 0 atom stereocenters. The van der Waals surface area contributed by atoms with Gasteiger partial charge in [0.05, 0.1) is 22.9 Å². The molecule has 1 amide bonds. The number of thioether (sulfide) groups is 1. The molecule has 0 spiro atoms. The summed E-state index contributed by atoms with van der Waals surface area (Å²) in [4.78, 5) is 24.8. The summed E-state index contributed by atoms with van der Waals surface area (Å²) in [6.45, 7) is 0.0898. The summed E-state index contributed by atoms with van der Waals surface area (Å²) < 4.78 is 5.29. The first-order chi connectivity index (χ1) is 11.7. The zero-order valence-corrected chi connectivity index (χ0v) is 13.6. The SMILES string of the molecule is N#Cc1cccc(COC(=O)c2ccc3c(c2)NC(=O)CCS3)c1. The molecule has 5 nitrogen and oxygen atoms in total. The molecule has 0 fully saturated rings. The van der Waals surface area contributed by atoms with Crippen LogP contribution in [0.25, 0.3) is 0 Å². The number of hydrogen-bond acceptors (Lipinski definition) is 5. The highest BCUT2D eigenvalue weighted by atomic mass is 32.2. The lowest BCUT2D eigenvalue weighted by atomic mass is 10.1. The number of anilines is 1. The Morgan fingerprint density at radius 3 is 3.00 bits per heavy atom. The van der Waals surface area contributed by atoms with Crippen molar-refractivity contribution in [1.82, 2.24) is 0 Å². The summed E-state index contributed by atoms with van der Waals surface area (Å²) in [5, 5.41) is 11.7. The Hall–Kier alpha value is -2.78. The number of rotatable bonds is 3. The molecule has 0 bridgehead atoms. The first-order valence-electron chi connectivity index (χ1n) is 7.38. The van der Waals surface area contributed by atoms with Gasteiger partial charge in [-0.1, -0.05) is 12.1 Å². The van der Waals surface area contributed by atoms with Crippen molar-refractivity contribution in [2.45, 2.75) is 17.9 Å². The molecular weight excluding hydrogens is 324 g/mol. The average molecular weight is 338 g/mol. The Morgan fingerprint density at radius 1 is 1.29 bits per heavy atom. The van der Waals surface area contributed by atoms with Crippen molar-refractivity contribution in [3.05, 3.63) is 59.2 Å². The fraction of sp³-hybridized carbons (Fsp3) is 0.167. The van der Waals surface area contributed by atoms with E-state index in [2.05, 4.69) is 5.32 Å². The summed E-state index contributed by atoms with van der Waals surface area (Å²) in [6, 6.07) is 14.1. The van der Waals surface area contributed by atoms with Crippen LogP contribution in [0.5, 0.6) is 0 Å². The molecule has 0 saturated heterocycles. The summed E-state index contributed by atoms with van der Waals surface area (Å²) >= 11 is 1.58. The van der Waals surface area contributed by atoms with E-state index in [9.17, 15) is 9.59 Å². The third kappa shape index (κ3) is 3.76. The second-order valence-electron chi connectivity index (χ2n) is 5.25. The predicted octanol–water partition coefficient (Wildman–Crippen LogP) is 3.35. The van der Waals surface area contributed by atoms with Crippen molar-refractivity contribution in [3.63, 3.8) is 0 Å². The standard InChI is InChI=1S/C18H14N2O3S/c19-10-12-2-1-3-13(8-12)11-23-18(22)14-4-5-16-15(9-14)20-17(21)6-7-24-16/h1-5,8-9H,6-7,11H2,(H,20,21). The van der Waals surface area contributed by atoms with E-state index in [1.165, 1.54) is 0 Å². The number of ether oxygens (including phenoxy) is 1. The Bertz CT molecular complexity index is 842. The Balaban J connectivity index is 1.71. The number of amides is 1. The molecule has 0 aromatic heterocycles. The van der Waals surface area contributed by atoms with Crippen molar-refractivity contribution in [3.8, 4) is 6.07 Å². The fourth-order valence-corrected chi connectivity index (χ4v) is 3.25. The zero-order chi connectivity index (χ0) is 16.9. The largest absolute Gasteiger partial charge is 0.457 e. The number of carbonyl (C=O) groups is 2. The van der Waals surface area contributed by atoms with Crippen LogP contribution >= 0.6 is 11.8 Å². The molecule has 24 heavy (non-hydrogen) atoms. The smallest absolute Gasteiger partial charge is 0.338 e. The maximum atomic E-state index is 12.2. The molecule has 0 radical (unpaired) electrons. The van der Waals surface area contributed by atoms with Crippen molar-refractivity contribution in [1.29, 1.82) is 5.26 Å². The Kier molecular flexibility index (Phi) is 4.82. The van der Waals surface area contributed by atoms with E-state index < -0.39 is 5.97 Å². The number of esters is 1. The number of hydrogen-bond donors (Lipinski definition) is 1. The molecule has 0 aliphatic carbocycles. The third-order valence-electron chi connectivity index (χ3n) is 3.50. The molecular formula is C18H14N2O3S. The topological polar surface area (TPSA) is 79.2 Å². The van der Waals surface area contributed by atoms with Gasteiger partial charge in [-0.2, -0.15) is 5.26 Å². The van der Waals surface area contributed by atoms with Crippen LogP contribution < -0.4 is 5.32 Å². The number of fused-ring (bicyclic) bond motifs is 1. The highest BCUT2D eigenvalue weighted by Crippen LogP contribution is 2.31. The van der Waals surface area contributed by atoms with Gasteiger partial charge >= 0.3 is 5.97 Å². The van der Waals surface area contributed by atoms with Gasteiger partial charge in [0.2, 0.25) is 5.91 Å². The van der Waals surface area contributed by atoms with E-state index in [-0.39, 0.29) is 12.5 Å². The van der Waals surface area contributed by atoms with Crippen LogP contribution in [0.3, 0.4) is 0 Å². The van der Waals surface area contributed by atoms with Crippen LogP contribution in [0.1, 0.15) is 27.9 Å². The normalized spacial score (nSPS) is 13.2. The van der Waals surface area contributed by atoms with Crippen LogP contribution in [0.2, 0.25) is 0 Å². The summed E-state index contributed by atoms with van der Waals surface area (Å²) in [5.74, 6) is 0.196. The van der Waals surface area contributed by atoms with Crippen LogP contribution in [0.15, 0.2) is 47.4 Å². The lowest BCUT2D eigenvalue weighted by Crippen LogP contribution is -2.11. The number of carbonyl (C=O) groups excluding carboxylic acids is 2. The van der Waals surface area contributed by atoms with E-state index in [0.717, 1.165) is 16.2 Å². The molecule has 2 aromatic rings. The Morgan fingerprint density at radius 2 is 2.17 bits per heavy atom. The quantitative estimate of drug-likeness (QED) is 0.868. The monoisotopic (exact) mass is 338 g/mol. The highest BCUT2D eigenvalue weighted by molar-refractivity contribution is 7.99. The van der Waals surface area contributed by atoms with Gasteiger partial charge in [0.25, 0.3) is 0 Å². The molecule has 6 heteroatoms. The molecule has 2 aromatic carbocycles. The van der Waals surface area contributed by atoms with Crippen molar-refractivity contribution >= 4 is 29.3 Å². The van der Waals surface area contributed by atoms with Crippen LogP contribution in [0, 0.1) is 11.3 Å². The number of nitriles is 1. The van der Waals surface area contributed by atoms with E-state index in [1.807, 2.05) is 12.1 Å². The lowest BCUT2D eigenvalue weighted by Gasteiger charge is -2.09. The molecule has 0 saturated carbocycles. The number of nitrogens with zero attached hydrogens (tertiary/aromatic N) is 1. The first-order valence-corrected chi connectivity index (χ1v) is 8.37. The molecule has 3 rings (SSSR count). The van der Waals surface area contributed by atoms with Gasteiger partial charge in [-0.05, 0) is 35.9 Å². The van der Waals surface area contributed by atoms with E-state index >= 15 is 0 Å². The molecule has 1 aliphatic rings. The second-order valence-corrected chi connectivity index (χ2v) is 6.38. The summed E-state index contributed by atoms with van der Waals surface area (Å²) in [7, 11) is 0. The van der Waals surface area contributed by atoms with Gasteiger partial charge in [-0.25, -0.2) is 4.79 Å². The van der Waals surface area contributed by atoms with Gasteiger partial charge in [0, 0.05) is 17.1 Å². The fourth-order valence-electron chi connectivity index (χ4n) is 2.31. The van der Waals surface area contributed by atoms with Gasteiger partial charge in [-0.15, -0.1) is 11.8 Å². The van der Waals surface area contributed by atoms with Crippen molar-refractivity contribution in [2.75, 3.05) is 11.1 Å². The van der Waals surface area contributed by atoms with Gasteiger partial charge in [0.15, 0.2) is 0 Å². The predicted molar refractivity (Wildman–Crippen MR) is 90.7 cm³/mol. The lowest BCUT2D eigenvalue weighted by molar-refractivity contribution is -0.115. The second kappa shape index (κ2) is 7.20. The molecule has 1 N–H and O–H groups in total.